The summed E-state index contributed by atoms with van der Waals surface area (Å²) in [4.78, 5) is 11.9. The highest BCUT2D eigenvalue weighted by atomic mass is 16.3. The van der Waals surface area contributed by atoms with E-state index < -0.39 is 0 Å². The summed E-state index contributed by atoms with van der Waals surface area (Å²) in [7, 11) is 1.77. The molecule has 0 saturated carbocycles. The molecular formula is C15H20N2O2. The summed E-state index contributed by atoms with van der Waals surface area (Å²) < 4.78 is 1.64. The molecule has 4 heteroatoms. The van der Waals surface area contributed by atoms with Crippen molar-refractivity contribution in [2.24, 2.45) is 13.0 Å². The van der Waals surface area contributed by atoms with Crippen molar-refractivity contribution < 1.29 is 5.11 Å². The molecule has 0 spiro atoms. The molecular weight excluding hydrogens is 240 g/mol. The molecule has 2 N–H and O–H groups in total. The monoisotopic (exact) mass is 260 g/mol. The van der Waals surface area contributed by atoms with Crippen LogP contribution in [0, 0.1) is 5.92 Å². The van der Waals surface area contributed by atoms with Crippen LogP contribution in [0.1, 0.15) is 13.8 Å². The molecule has 0 amide bonds. The van der Waals surface area contributed by atoms with Gasteiger partial charge >= 0.3 is 0 Å². The van der Waals surface area contributed by atoms with Crippen molar-refractivity contribution in [3.63, 3.8) is 0 Å². The predicted octanol–water partition coefficient (Wildman–Crippen LogP) is 1.97. The smallest absolute Gasteiger partial charge is 0.252 e. The molecule has 0 aliphatic rings. The average molecular weight is 260 g/mol. The zero-order valence-corrected chi connectivity index (χ0v) is 11.6. The SMILES string of the molecule is CC(CO)C(C)Nc1cc(=O)n(C)c2ccccc12. The van der Waals surface area contributed by atoms with Crippen molar-refractivity contribution >= 4 is 16.6 Å². The highest BCUT2D eigenvalue weighted by molar-refractivity contribution is 5.91. The molecule has 4 nitrogen and oxygen atoms in total. The number of aliphatic hydroxyl groups is 1. The number of anilines is 1. The van der Waals surface area contributed by atoms with Crippen LogP contribution in [-0.4, -0.2) is 22.3 Å². The Balaban J connectivity index is 2.49. The molecule has 0 saturated heterocycles. The minimum absolute atomic E-state index is 0.0370. The Bertz CT molecular complexity index is 634. The highest BCUT2D eigenvalue weighted by Crippen LogP contribution is 2.22. The van der Waals surface area contributed by atoms with E-state index in [0.717, 1.165) is 16.6 Å². The Labute approximate surface area is 112 Å². The van der Waals surface area contributed by atoms with Gasteiger partial charge in [-0.25, -0.2) is 0 Å². The fourth-order valence-corrected chi connectivity index (χ4v) is 2.08. The number of hydrogen-bond donors (Lipinski definition) is 2. The van der Waals surface area contributed by atoms with Gasteiger partial charge in [0.2, 0.25) is 0 Å². The predicted molar refractivity (Wildman–Crippen MR) is 78.5 cm³/mol. The third-order valence-corrected chi connectivity index (χ3v) is 3.68. The van der Waals surface area contributed by atoms with E-state index in [1.807, 2.05) is 38.1 Å². The number of para-hydroxylation sites is 1. The molecule has 0 aliphatic heterocycles. The summed E-state index contributed by atoms with van der Waals surface area (Å²) in [5, 5.41) is 13.5. The van der Waals surface area contributed by atoms with Crippen molar-refractivity contribution in [1.82, 2.24) is 4.57 Å². The summed E-state index contributed by atoms with van der Waals surface area (Å²) in [5.74, 6) is 0.128. The lowest BCUT2D eigenvalue weighted by atomic mass is 10.0. The Kier molecular flexibility index (Phi) is 3.90. The van der Waals surface area contributed by atoms with Crippen LogP contribution in [0.4, 0.5) is 5.69 Å². The van der Waals surface area contributed by atoms with Gasteiger partial charge in [-0.3, -0.25) is 4.79 Å². The van der Waals surface area contributed by atoms with Gasteiger partial charge in [0.15, 0.2) is 0 Å². The van der Waals surface area contributed by atoms with Gasteiger partial charge in [0.25, 0.3) is 5.56 Å². The van der Waals surface area contributed by atoms with E-state index in [9.17, 15) is 9.90 Å². The number of benzene rings is 1. The van der Waals surface area contributed by atoms with E-state index >= 15 is 0 Å². The van der Waals surface area contributed by atoms with E-state index in [1.54, 1.807) is 17.7 Å². The minimum Gasteiger partial charge on any atom is -0.396 e. The molecule has 2 rings (SSSR count). The maximum absolute atomic E-state index is 11.9. The second-order valence-electron chi connectivity index (χ2n) is 5.07. The molecule has 1 aromatic carbocycles. The lowest BCUT2D eigenvalue weighted by Crippen LogP contribution is -2.27. The van der Waals surface area contributed by atoms with Crippen LogP contribution in [0.25, 0.3) is 10.9 Å². The first-order valence-corrected chi connectivity index (χ1v) is 6.50. The van der Waals surface area contributed by atoms with Crippen LogP contribution in [0.2, 0.25) is 0 Å². The number of rotatable bonds is 4. The molecule has 0 fully saturated rings. The zero-order valence-electron chi connectivity index (χ0n) is 11.6. The second-order valence-corrected chi connectivity index (χ2v) is 5.07. The fourth-order valence-electron chi connectivity index (χ4n) is 2.08. The number of hydrogen-bond acceptors (Lipinski definition) is 3. The van der Waals surface area contributed by atoms with Crippen molar-refractivity contribution in [2.75, 3.05) is 11.9 Å². The van der Waals surface area contributed by atoms with Gasteiger partial charge in [-0.2, -0.15) is 0 Å². The first-order valence-electron chi connectivity index (χ1n) is 6.50. The normalized spacial score (nSPS) is 14.3. The number of nitrogens with one attached hydrogen (secondary N) is 1. The summed E-state index contributed by atoms with van der Waals surface area (Å²) in [6.45, 7) is 4.10. The molecule has 0 aliphatic carbocycles. The molecule has 1 aromatic heterocycles. The second kappa shape index (κ2) is 5.45. The largest absolute Gasteiger partial charge is 0.396 e. The third-order valence-electron chi connectivity index (χ3n) is 3.68. The lowest BCUT2D eigenvalue weighted by molar-refractivity contribution is 0.226. The number of fused-ring (bicyclic) bond motifs is 1. The molecule has 2 unspecified atom stereocenters. The Morgan fingerprint density at radius 2 is 2.00 bits per heavy atom. The molecule has 2 atom stereocenters. The van der Waals surface area contributed by atoms with Gasteiger partial charge in [0.1, 0.15) is 0 Å². The maximum atomic E-state index is 11.9. The molecule has 1 heterocycles. The van der Waals surface area contributed by atoms with Crippen molar-refractivity contribution in [2.45, 2.75) is 19.9 Å². The number of aromatic nitrogens is 1. The van der Waals surface area contributed by atoms with E-state index in [0.29, 0.717) is 0 Å². The Morgan fingerprint density at radius 1 is 1.32 bits per heavy atom. The van der Waals surface area contributed by atoms with Gasteiger partial charge < -0.3 is 15.0 Å². The van der Waals surface area contributed by atoms with E-state index in [4.69, 9.17) is 0 Å². The molecule has 0 bridgehead atoms. The van der Waals surface area contributed by atoms with Gasteiger partial charge in [-0.1, -0.05) is 25.1 Å². The number of aryl methyl sites for hydroxylation is 1. The summed E-state index contributed by atoms with van der Waals surface area (Å²) >= 11 is 0. The van der Waals surface area contributed by atoms with Crippen LogP contribution in [0.15, 0.2) is 35.1 Å². The topological polar surface area (TPSA) is 54.3 Å². The van der Waals surface area contributed by atoms with Crippen molar-refractivity contribution in [3.8, 4) is 0 Å². The molecule has 0 radical (unpaired) electrons. The summed E-state index contributed by atoms with van der Waals surface area (Å²) in [5.41, 5.74) is 1.69. The lowest BCUT2D eigenvalue weighted by Gasteiger charge is -2.22. The van der Waals surface area contributed by atoms with E-state index in [1.165, 1.54) is 0 Å². The number of pyridine rings is 1. The van der Waals surface area contributed by atoms with Crippen molar-refractivity contribution in [1.29, 1.82) is 0 Å². The summed E-state index contributed by atoms with van der Waals surface area (Å²) in [6, 6.07) is 9.52. The van der Waals surface area contributed by atoms with E-state index in [2.05, 4.69) is 5.32 Å². The van der Waals surface area contributed by atoms with Gasteiger partial charge in [0.05, 0.1) is 5.52 Å². The Morgan fingerprint density at radius 3 is 2.68 bits per heavy atom. The maximum Gasteiger partial charge on any atom is 0.252 e. The van der Waals surface area contributed by atoms with Gasteiger partial charge in [-0.15, -0.1) is 0 Å². The highest BCUT2D eigenvalue weighted by Gasteiger charge is 2.13. The van der Waals surface area contributed by atoms with Crippen LogP contribution in [-0.2, 0) is 7.05 Å². The van der Waals surface area contributed by atoms with Crippen LogP contribution in [0.5, 0.6) is 0 Å². The first-order chi connectivity index (χ1) is 9.04. The van der Waals surface area contributed by atoms with E-state index in [-0.39, 0.29) is 24.1 Å². The third kappa shape index (κ3) is 2.63. The van der Waals surface area contributed by atoms with Crippen LogP contribution in [0.3, 0.4) is 0 Å². The zero-order chi connectivity index (χ0) is 14.0. The number of aliphatic hydroxyl groups excluding tert-OH is 1. The standard InChI is InChI=1S/C15H20N2O2/c1-10(9-18)11(2)16-13-8-15(19)17(3)14-7-5-4-6-12(13)14/h4-8,10-11,16,18H,9H2,1-3H3. The minimum atomic E-state index is -0.0370. The average Bonchev–Trinajstić information content (AvgIpc) is 2.43. The van der Waals surface area contributed by atoms with Crippen LogP contribution >= 0.6 is 0 Å². The first kappa shape index (κ1) is 13.6. The molecule has 2 aromatic rings. The Hall–Kier alpha value is -1.81. The molecule has 19 heavy (non-hydrogen) atoms. The van der Waals surface area contributed by atoms with Gasteiger partial charge in [0, 0.05) is 36.8 Å². The molecule has 102 valence electrons. The fraction of sp³-hybridized carbons (Fsp3) is 0.400. The van der Waals surface area contributed by atoms with Gasteiger partial charge in [-0.05, 0) is 18.9 Å². The summed E-state index contributed by atoms with van der Waals surface area (Å²) in [6.07, 6.45) is 0. The number of nitrogens with zero attached hydrogens (tertiary/aromatic N) is 1. The van der Waals surface area contributed by atoms with Crippen LogP contribution < -0.4 is 10.9 Å². The quantitative estimate of drug-likeness (QED) is 0.883. The van der Waals surface area contributed by atoms with Crippen molar-refractivity contribution in [3.05, 3.63) is 40.7 Å².